The SMILES string of the molecule is CC.CCc1ccc(N2C(=O)NC3c4c2ccnc4SC3C(=O)NC)cc1.[B]. The second-order valence-electron chi connectivity index (χ2n) is 5.98. The van der Waals surface area contributed by atoms with Gasteiger partial charge in [-0.15, -0.1) is 0 Å². The van der Waals surface area contributed by atoms with Crippen LogP contribution in [-0.2, 0) is 11.2 Å². The number of aryl methyl sites for hydroxylation is 1. The number of amides is 3. The molecule has 4 rings (SSSR count). The number of urea groups is 1. The van der Waals surface area contributed by atoms with E-state index < -0.39 is 5.25 Å². The molecule has 0 spiro atoms. The van der Waals surface area contributed by atoms with Gasteiger partial charge in [0.25, 0.3) is 0 Å². The molecule has 145 valence electrons. The molecule has 3 heterocycles. The van der Waals surface area contributed by atoms with E-state index in [0.717, 1.165) is 28.4 Å². The number of thioether (sulfide) groups is 1. The average molecular weight is 395 g/mol. The van der Waals surface area contributed by atoms with Gasteiger partial charge in [0.05, 0.1) is 17.4 Å². The number of aromatic nitrogens is 1. The van der Waals surface area contributed by atoms with Crippen molar-refractivity contribution in [2.75, 3.05) is 11.9 Å². The van der Waals surface area contributed by atoms with E-state index in [1.54, 1.807) is 18.1 Å². The number of pyridine rings is 1. The Kier molecular flexibility index (Phi) is 7.13. The van der Waals surface area contributed by atoms with Crippen LogP contribution in [0.3, 0.4) is 0 Å². The standard InChI is InChI=1S/C18H18N4O2S.C2H6.B/c1-3-10-4-6-11(7-5-10)22-12-8-9-20-17-13(12)14(21-18(22)24)15(25-17)16(23)19-2;1-2;/h4-9,14-15H,3H2,1-2H3,(H,19,23)(H,21,24);1-2H3;. The minimum atomic E-state index is -0.401. The lowest BCUT2D eigenvalue weighted by Gasteiger charge is -2.34. The minimum absolute atomic E-state index is 0. The molecule has 2 N–H and O–H groups in total. The normalized spacial score (nSPS) is 18.9. The van der Waals surface area contributed by atoms with Gasteiger partial charge in [0.2, 0.25) is 5.91 Å². The van der Waals surface area contributed by atoms with Crippen molar-refractivity contribution < 1.29 is 9.59 Å². The molecule has 2 aromatic rings. The Bertz CT molecular complexity index is 860. The molecule has 1 aromatic heterocycles. The minimum Gasteiger partial charge on any atom is -0.358 e. The van der Waals surface area contributed by atoms with E-state index in [4.69, 9.17) is 0 Å². The maximum absolute atomic E-state index is 12.8. The van der Waals surface area contributed by atoms with E-state index in [1.807, 2.05) is 44.2 Å². The van der Waals surface area contributed by atoms with Crippen molar-refractivity contribution in [1.29, 1.82) is 0 Å². The number of carbonyl (C=O) groups excluding carboxylic acids is 2. The van der Waals surface area contributed by atoms with Crippen molar-refractivity contribution in [2.24, 2.45) is 0 Å². The van der Waals surface area contributed by atoms with E-state index in [2.05, 4.69) is 22.5 Å². The highest BCUT2D eigenvalue weighted by atomic mass is 32.2. The highest BCUT2D eigenvalue weighted by Gasteiger charge is 2.46. The number of rotatable bonds is 3. The Morgan fingerprint density at radius 1 is 1.25 bits per heavy atom. The van der Waals surface area contributed by atoms with E-state index >= 15 is 0 Å². The fraction of sp³-hybridized carbons (Fsp3) is 0.350. The smallest absolute Gasteiger partial charge is 0.327 e. The molecule has 28 heavy (non-hydrogen) atoms. The summed E-state index contributed by atoms with van der Waals surface area (Å²) in [5, 5.41) is 6.05. The molecule has 0 saturated heterocycles. The average Bonchev–Trinajstić information content (AvgIpc) is 3.09. The van der Waals surface area contributed by atoms with E-state index in [9.17, 15) is 9.59 Å². The van der Waals surface area contributed by atoms with Gasteiger partial charge in [-0.2, -0.15) is 0 Å². The first-order chi connectivity index (χ1) is 13.1. The summed E-state index contributed by atoms with van der Waals surface area (Å²) in [4.78, 5) is 31.1. The van der Waals surface area contributed by atoms with Gasteiger partial charge in [0, 0.05) is 27.2 Å². The van der Waals surface area contributed by atoms with Gasteiger partial charge in [-0.05, 0) is 30.2 Å². The van der Waals surface area contributed by atoms with Crippen molar-refractivity contribution in [2.45, 2.75) is 43.5 Å². The molecule has 0 fully saturated rings. The van der Waals surface area contributed by atoms with Gasteiger partial charge in [0.1, 0.15) is 10.3 Å². The van der Waals surface area contributed by atoms with Crippen molar-refractivity contribution in [3.8, 4) is 0 Å². The molecular formula is C20H24BN4O2S. The van der Waals surface area contributed by atoms with Crippen LogP contribution in [0.25, 0.3) is 0 Å². The maximum Gasteiger partial charge on any atom is 0.327 e. The van der Waals surface area contributed by atoms with E-state index in [-0.39, 0.29) is 26.4 Å². The molecule has 2 aliphatic rings. The van der Waals surface area contributed by atoms with Crippen LogP contribution in [0.5, 0.6) is 0 Å². The van der Waals surface area contributed by atoms with Crippen molar-refractivity contribution >= 4 is 43.5 Å². The number of benzene rings is 1. The summed E-state index contributed by atoms with van der Waals surface area (Å²) in [6, 6.07) is 9.20. The maximum atomic E-state index is 12.8. The highest BCUT2D eigenvalue weighted by molar-refractivity contribution is 8.01. The molecule has 6 nitrogen and oxygen atoms in total. The van der Waals surface area contributed by atoms with Gasteiger partial charge < -0.3 is 10.6 Å². The number of anilines is 2. The molecule has 2 aliphatic heterocycles. The summed E-state index contributed by atoms with van der Waals surface area (Å²) in [5.74, 6) is -0.111. The molecule has 0 bridgehead atoms. The predicted molar refractivity (Wildman–Crippen MR) is 114 cm³/mol. The van der Waals surface area contributed by atoms with Crippen LogP contribution >= 0.6 is 11.8 Å². The number of carbonyl (C=O) groups is 2. The van der Waals surface area contributed by atoms with Gasteiger partial charge in [-0.3, -0.25) is 9.69 Å². The van der Waals surface area contributed by atoms with Crippen LogP contribution in [0.4, 0.5) is 16.2 Å². The third-order valence-electron chi connectivity index (χ3n) is 4.61. The van der Waals surface area contributed by atoms with E-state index in [1.165, 1.54) is 17.3 Å². The Hall–Kier alpha value is -2.48. The Morgan fingerprint density at radius 2 is 1.93 bits per heavy atom. The lowest BCUT2D eigenvalue weighted by atomic mass is 10.00. The number of hydrogen-bond donors (Lipinski definition) is 2. The fourth-order valence-corrected chi connectivity index (χ4v) is 4.59. The molecule has 2 unspecified atom stereocenters. The topological polar surface area (TPSA) is 74.3 Å². The molecule has 3 amide bonds. The number of hydrogen-bond acceptors (Lipinski definition) is 4. The van der Waals surface area contributed by atoms with Crippen LogP contribution in [0.15, 0.2) is 41.6 Å². The summed E-state index contributed by atoms with van der Waals surface area (Å²) in [5.41, 5.74) is 3.73. The number of nitrogens with one attached hydrogen (secondary N) is 2. The quantitative estimate of drug-likeness (QED) is 0.782. The van der Waals surface area contributed by atoms with Crippen LogP contribution in [0.2, 0.25) is 0 Å². The molecule has 2 atom stereocenters. The van der Waals surface area contributed by atoms with Gasteiger partial charge in [-0.25, -0.2) is 9.78 Å². The third kappa shape index (κ3) is 3.61. The predicted octanol–water partition coefficient (Wildman–Crippen LogP) is 3.41. The van der Waals surface area contributed by atoms with Crippen molar-refractivity contribution in [3.63, 3.8) is 0 Å². The van der Waals surface area contributed by atoms with Crippen LogP contribution in [0, 0.1) is 0 Å². The van der Waals surface area contributed by atoms with Gasteiger partial charge in [0.15, 0.2) is 0 Å². The Labute approximate surface area is 172 Å². The first-order valence-corrected chi connectivity index (χ1v) is 10.1. The molecule has 3 radical (unpaired) electrons. The summed E-state index contributed by atoms with van der Waals surface area (Å²) >= 11 is 1.40. The summed E-state index contributed by atoms with van der Waals surface area (Å²) < 4.78 is 0. The zero-order valence-corrected chi connectivity index (χ0v) is 17.3. The lowest BCUT2D eigenvalue weighted by molar-refractivity contribution is -0.120. The first-order valence-electron chi connectivity index (χ1n) is 9.20. The second-order valence-corrected chi connectivity index (χ2v) is 7.11. The molecule has 0 saturated carbocycles. The summed E-state index contributed by atoms with van der Waals surface area (Å²) in [6.07, 6.45) is 2.64. The molecule has 0 aliphatic carbocycles. The van der Waals surface area contributed by atoms with Crippen LogP contribution in [0.1, 0.15) is 37.9 Å². The van der Waals surface area contributed by atoms with Crippen LogP contribution < -0.4 is 15.5 Å². The van der Waals surface area contributed by atoms with Gasteiger partial charge in [-0.1, -0.05) is 44.7 Å². The summed E-state index contributed by atoms with van der Waals surface area (Å²) in [7, 11) is 1.60. The zero-order chi connectivity index (χ0) is 19.6. The Morgan fingerprint density at radius 3 is 2.54 bits per heavy atom. The summed E-state index contributed by atoms with van der Waals surface area (Å²) in [6.45, 7) is 6.10. The molecule has 8 heteroatoms. The molecular weight excluding hydrogens is 371 g/mol. The largest absolute Gasteiger partial charge is 0.358 e. The number of nitrogens with zero attached hydrogens (tertiary/aromatic N) is 2. The van der Waals surface area contributed by atoms with E-state index in [0.29, 0.717) is 0 Å². The van der Waals surface area contributed by atoms with Crippen LogP contribution in [-0.4, -0.2) is 37.6 Å². The van der Waals surface area contributed by atoms with Crippen molar-refractivity contribution in [3.05, 3.63) is 47.7 Å². The third-order valence-corrected chi connectivity index (χ3v) is 5.90. The monoisotopic (exact) mass is 395 g/mol. The highest BCUT2D eigenvalue weighted by Crippen LogP contribution is 2.50. The molecule has 1 aromatic carbocycles. The van der Waals surface area contributed by atoms with Gasteiger partial charge >= 0.3 is 6.03 Å². The first kappa shape index (κ1) is 21.8. The Balaban J connectivity index is 0.000000906. The lowest BCUT2D eigenvalue weighted by Crippen LogP contribution is -2.48. The van der Waals surface area contributed by atoms with Crippen molar-refractivity contribution in [1.82, 2.24) is 15.6 Å². The zero-order valence-electron chi connectivity index (χ0n) is 16.5. The fourth-order valence-electron chi connectivity index (χ4n) is 3.30. The second kappa shape index (κ2) is 9.14.